The smallest absolute Gasteiger partial charge is 0.330 e. The monoisotopic (exact) mass is 540 g/mol. The van der Waals surface area contributed by atoms with Gasteiger partial charge in [-0.25, -0.2) is 9.78 Å². The van der Waals surface area contributed by atoms with Gasteiger partial charge in [-0.05, 0) is 43.7 Å². The Morgan fingerprint density at radius 2 is 1.69 bits per heavy atom. The van der Waals surface area contributed by atoms with E-state index in [0.29, 0.717) is 5.16 Å². The quantitative estimate of drug-likeness (QED) is 0.288. The molecule has 0 aliphatic heterocycles. The minimum Gasteiger partial charge on any atom is -0.383 e. The number of aromatic nitrogens is 4. The van der Waals surface area contributed by atoms with Crippen LogP contribution in [0.5, 0.6) is 0 Å². The van der Waals surface area contributed by atoms with Gasteiger partial charge >= 0.3 is 5.69 Å². The Labute approximate surface area is 228 Å². The molecule has 0 aliphatic rings. The van der Waals surface area contributed by atoms with Gasteiger partial charge in [-0.2, -0.15) is 0 Å². The molecule has 39 heavy (non-hydrogen) atoms. The number of para-hydroxylation sites is 2. The van der Waals surface area contributed by atoms with E-state index in [4.69, 9.17) is 10.7 Å². The predicted octanol–water partition coefficient (Wildman–Crippen LogP) is 3.96. The van der Waals surface area contributed by atoms with Crippen molar-refractivity contribution in [2.24, 2.45) is 0 Å². The zero-order chi connectivity index (χ0) is 27.5. The predicted molar refractivity (Wildman–Crippen MR) is 156 cm³/mol. The number of hydrogen-bond acceptors (Lipinski definition) is 6. The fourth-order valence-electron chi connectivity index (χ4n) is 4.47. The fourth-order valence-corrected chi connectivity index (χ4v) is 5.37. The van der Waals surface area contributed by atoms with E-state index in [-0.39, 0.29) is 36.3 Å². The molecule has 0 atom stereocenters. The highest BCUT2D eigenvalue weighted by molar-refractivity contribution is 7.99. The van der Waals surface area contributed by atoms with Crippen LogP contribution in [0.15, 0.2) is 93.6 Å². The summed E-state index contributed by atoms with van der Waals surface area (Å²) in [6.07, 6.45) is 0. The summed E-state index contributed by atoms with van der Waals surface area (Å²) in [4.78, 5) is 47.4. The van der Waals surface area contributed by atoms with Crippen molar-refractivity contribution in [3.63, 3.8) is 0 Å². The molecule has 2 aromatic heterocycles. The minimum absolute atomic E-state index is 0.0136. The molecular weight excluding hydrogens is 512 g/mol. The topological polar surface area (TPSA) is 119 Å². The number of nitrogen functional groups attached to an aromatic ring is 1. The van der Waals surface area contributed by atoms with Gasteiger partial charge in [0.2, 0.25) is 5.91 Å². The second-order valence-corrected chi connectivity index (χ2v) is 9.99. The van der Waals surface area contributed by atoms with Crippen LogP contribution >= 0.6 is 11.8 Å². The van der Waals surface area contributed by atoms with E-state index in [1.54, 1.807) is 6.92 Å². The zero-order valence-electron chi connectivity index (χ0n) is 21.6. The van der Waals surface area contributed by atoms with Crippen LogP contribution < -0.4 is 21.9 Å². The van der Waals surface area contributed by atoms with Crippen LogP contribution in [0.4, 0.5) is 11.5 Å². The number of rotatable bonds is 8. The molecule has 5 aromatic rings. The van der Waals surface area contributed by atoms with Crippen LogP contribution in [0.2, 0.25) is 0 Å². The highest BCUT2D eigenvalue weighted by Crippen LogP contribution is 2.29. The van der Waals surface area contributed by atoms with Gasteiger partial charge < -0.3 is 10.6 Å². The Morgan fingerprint density at radius 3 is 2.41 bits per heavy atom. The molecule has 3 N–H and O–H groups in total. The molecule has 0 unspecified atom stereocenters. The zero-order valence-corrected chi connectivity index (χ0v) is 22.4. The summed E-state index contributed by atoms with van der Waals surface area (Å²) in [5.74, 6) is -0.369. The first-order valence-electron chi connectivity index (χ1n) is 12.5. The maximum atomic E-state index is 13.5. The lowest BCUT2D eigenvalue weighted by molar-refractivity contribution is -0.116. The van der Waals surface area contributed by atoms with Gasteiger partial charge in [-0.15, -0.1) is 0 Å². The summed E-state index contributed by atoms with van der Waals surface area (Å²) in [7, 11) is 0. The van der Waals surface area contributed by atoms with Gasteiger partial charge in [-0.3, -0.25) is 23.7 Å². The molecule has 198 valence electrons. The van der Waals surface area contributed by atoms with Gasteiger partial charge in [0.1, 0.15) is 5.82 Å². The number of thioether (sulfide) groups is 1. The Hall–Kier alpha value is -4.57. The van der Waals surface area contributed by atoms with Crippen molar-refractivity contribution in [3.05, 3.63) is 111 Å². The number of benzene rings is 3. The van der Waals surface area contributed by atoms with Gasteiger partial charge in [0.15, 0.2) is 10.8 Å². The molecule has 0 fully saturated rings. The molecule has 0 saturated carbocycles. The van der Waals surface area contributed by atoms with Crippen molar-refractivity contribution in [2.75, 3.05) is 22.9 Å². The Balaban J connectivity index is 1.46. The number of nitrogens with one attached hydrogen (secondary N) is 1. The first-order valence-corrected chi connectivity index (χ1v) is 13.5. The Kier molecular flexibility index (Phi) is 7.38. The van der Waals surface area contributed by atoms with Gasteiger partial charge in [0.05, 0.1) is 23.3 Å². The van der Waals surface area contributed by atoms with E-state index in [1.807, 2.05) is 90.4 Å². The number of anilines is 2. The third-order valence-corrected chi connectivity index (χ3v) is 7.36. The van der Waals surface area contributed by atoms with E-state index >= 15 is 0 Å². The second-order valence-electron chi connectivity index (χ2n) is 9.05. The van der Waals surface area contributed by atoms with E-state index in [2.05, 4.69) is 4.98 Å². The van der Waals surface area contributed by atoms with Crippen LogP contribution in [0.1, 0.15) is 18.1 Å². The molecule has 1 amide bonds. The van der Waals surface area contributed by atoms with Crippen molar-refractivity contribution in [2.45, 2.75) is 25.5 Å². The molecule has 0 bridgehead atoms. The molecule has 5 rings (SSSR count). The van der Waals surface area contributed by atoms with Crippen LogP contribution in [-0.4, -0.2) is 37.3 Å². The van der Waals surface area contributed by atoms with E-state index < -0.39 is 11.2 Å². The number of carbonyl (C=O) groups is 1. The number of hydrogen-bond donors (Lipinski definition) is 2. The van der Waals surface area contributed by atoms with Crippen LogP contribution in [0.3, 0.4) is 0 Å². The van der Waals surface area contributed by atoms with Gasteiger partial charge in [0.25, 0.3) is 5.56 Å². The molecule has 0 aliphatic carbocycles. The molecule has 0 saturated heterocycles. The Morgan fingerprint density at radius 1 is 1.00 bits per heavy atom. The van der Waals surface area contributed by atoms with Crippen molar-refractivity contribution in [1.82, 2.24) is 19.1 Å². The lowest BCUT2D eigenvalue weighted by Crippen LogP contribution is -2.41. The summed E-state index contributed by atoms with van der Waals surface area (Å²) in [6, 6.07) is 25.2. The number of imidazole rings is 1. The largest absolute Gasteiger partial charge is 0.383 e. The summed E-state index contributed by atoms with van der Waals surface area (Å²) < 4.78 is 3.29. The average Bonchev–Trinajstić information content (AvgIpc) is 3.31. The number of H-pyrrole nitrogens is 1. The normalized spacial score (nSPS) is 11.1. The number of nitrogens with zero attached hydrogens (tertiary/aromatic N) is 4. The van der Waals surface area contributed by atoms with Crippen molar-refractivity contribution < 1.29 is 4.79 Å². The van der Waals surface area contributed by atoms with Gasteiger partial charge in [-0.1, -0.05) is 71.9 Å². The first kappa shape index (κ1) is 26.1. The fraction of sp³-hybridized carbons (Fsp3) is 0.172. The lowest BCUT2D eigenvalue weighted by atomic mass is 10.2. The Bertz CT molecular complexity index is 1760. The molecule has 2 heterocycles. The number of fused-ring (bicyclic) bond motifs is 1. The highest BCUT2D eigenvalue weighted by atomic mass is 32.2. The minimum atomic E-state index is -0.700. The number of carbonyl (C=O) groups excluding carboxylic acids is 1. The summed E-state index contributed by atoms with van der Waals surface area (Å²) in [5, 5.41) is 0.653. The number of amides is 1. The highest BCUT2D eigenvalue weighted by Gasteiger charge is 2.24. The van der Waals surface area contributed by atoms with Crippen molar-refractivity contribution in [3.8, 4) is 5.69 Å². The molecule has 0 radical (unpaired) electrons. The number of aryl methyl sites for hydroxylation is 1. The summed E-state index contributed by atoms with van der Waals surface area (Å²) in [5.41, 5.74) is 9.63. The maximum Gasteiger partial charge on any atom is 0.330 e. The summed E-state index contributed by atoms with van der Waals surface area (Å²) in [6.45, 7) is 4.15. The van der Waals surface area contributed by atoms with E-state index in [1.165, 1.54) is 21.2 Å². The molecule has 10 heteroatoms. The van der Waals surface area contributed by atoms with Crippen LogP contribution in [0.25, 0.3) is 16.7 Å². The lowest BCUT2D eigenvalue weighted by Gasteiger charge is -2.23. The van der Waals surface area contributed by atoms with Crippen molar-refractivity contribution in [1.29, 1.82) is 0 Å². The molecule has 0 spiro atoms. The summed E-state index contributed by atoms with van der Waals surface area (Å²) >= 11 is 1.28. The van der Waals surface area contributed by atoms with Gasteiger partial charge in [0, 0.05) is 12.2 Å². The number of nitrogens with two attached hydrogens (primary N) is 1. The SMILES string of the molecule is CCN(C(=O)CSc1nc2ccccc2n1-c1ccc(C)cc1)c1c(N)n(Cc2ccccc2)c(=O)[nH]c1=O. The standard InChI is InChI=1S/C29H28N6O3S/c1-3-33(25-26(30)34(28(38)32-27(25)37)17-20-9-5-4-6-10-20)24(36)18-39-29-31-22-11-7-8-12-23(22)35(29)21-15-13-19(2)14-16-21/h4-16H,3,17-18,30H2,1-2H3,(H,32,37,38). The van der Waals surface area contributed by atoms with E-state index in [0.717, 1.165) is 27.8 Å². The van der Waals surface area contributed by atoms with E-state index in [9.17, 15) is 14.4 Å². The molecule has 3 aromatic carbocycles. The third-order valence-electron chi connectivity index (χ3n) is 6.43. The molecular formula is C29H28N6O3S. The molecule has 9 nitrogen and oxygen atoms in total. The van der Waals surface area contributed by atoms with Crippen LogP contribution in [-0.2, 0) is 11.3 Å². The second kappa shape index (κ2) is 11.0. The van der Waals surface area contributed by atoms with Crippen LogP contribution in [0, 0.1) is 6.92 Å². The van der Waals surface area contributed by atoms with Crippen molar-refractivity contribution >= 4 is 40.2 Å². The third kappa shape index (κ3) is 5.23. The number of aromatic amines is 1. The average molecular weight is 541 g/mol. The first-order chi connectivity index (χ1) is 18.9. The maximum absolute atomic E-state index is 13.5.